The van der Waals surface area contributed by atoms with Crippen LogP contribution in [0.5, 0.6) is 5.75 Å². The molecule has 6 nitrogen and oxygen atoms in total. The number of fused-ring (bicyclic) bond motifs is 1. The van der Waals surface area contributed by atoms with Crippen LogP contribution in [0.25, 0.3) is 0 Å². The van der Waals surface area contributed by atoms with Crippen LogP contribution in [0.4, 0.5) is 11.6 Å². The molecule has 2 aliphatic rings. The molecule has 3 rings (SSSR count). The molecular weight excluding hydrogens is 256 g/mol. The van der Waals surface area contributed by atoms with Gasteiger partial charge in [0.2, 0.25) is 5.91 Å². The largest absolute Gasteiger partial charge is 0.488 e. The fraction of sp³-hybridized carbons (Fsp3) is 0.571. The Labute approximate surface area is 118 Å². The number of carbonyl (C=O) groups excluding carboxylic acids is 1. The fourth-order valence-corrected chi connectivity index (χ4v) is 2.64. The monoisotopic (exact) mass is 276 g/mol. The van der Waals surface area contributed by atoms with E-state index in [2.05, 4.69) is 15.2 Å². The second-order valence-electron chi connectivity index (χ2n) is 5.31. The van der Waals surface area contributed by atoms with Crippen molar-refractivity contribution in [2.75, 3.05) is 43.6 Å². The van der Waals surface area contributed by atoms with E-state index in [9.17, 15) is 4.79 Å². The molecule has 1 fully saturated rings. The first kappa shape index (κ1) is 13.2. The summed E-state index contributed by atoms with van der Waals surface area (Å²) in [6.07, 6.45) is 1.95. The number of hydrogen-bond acceptors (Lipinski definition) is 5. The zero-order chi connectivity index (χ0) is 14.1. The molecule has 108 valence electrons. The van der Waals surface area contributed by atoms with Gasteiger partial charge < -0.3 is 15.0 Å². The van der Waals surface area contributed by atoms with E-state index < -0.39 is 0 Å². The van der Waals surface area contributed by atoms with Crippen molar-refractivity contribution in [1.29, 1.82) is 0 Å². The van der Waals surface area contributed by atoms with E-state index >= 15 is 0 Å². The van der Waals surface area contributed by atoms with Gasteiger partial charge in [-0.2, -0.15) is 0 Å². The molecule has 0 spiro atoms. The average Bonchev–Trinajstić information content (AvgIpc) is 3.00. The quantitative estimate of drug-likeness (QED) is 0.858. The molecule has 0 aliphatic carbocycles. The summed E-state index contributed by atoms with van der Waals surface area (Å²) in [5.74, 6) is 2.32. The maximum absolute atomic E-state index is 12.4. The van der Waals surface area contributed by atoms with Crippen LogP contribution in [0.1, 0.15) is 12.8 Å². The summed E-state index contributed by atoms with van der Waals surface area (Å²) in [7, 11) is 3.76. The second-order valence-corrected chi connectivity index (χ2v) is 5.31. The lowest BCUT2D eigenvalue weighted by Gasteiger charge is -2.28. The summed E-state index contributed by atoms with van der Waals surface area (Å²) in [5.41, 5.74) is 0. The number of rotatable bonds is 2. The second kappa shape index (κ2) is 5.28. The Morgan fingerprint density at radius 2 is 2.40 bits per heavy atom. The molecule has 0 bridgehead atoms. The molecule has 1 aromatic rings. The molecule has 1 aromatic heterocycles. The minimum Gasteiger partial charge on any atom is -0.488 e. The SMILES string of the molecule is CN1CCOc2ccc(N(C)C(=O)C3CCCN3)nc21. The Hall–Kier alpha value is -1.82. The lowest BCUT2D eigenvalue weighted by Crippen LogP contribution is -2.42. The first-order valence-corrected chi connectivity index (χ1v) is 7.03. The third-order valence-electron chi connectivity index (χ3n) is 3.90. The minimum absolute atomic E-state index is 0.0770. The van der Waals surface area contributed by atoms with E-state index in [-0.39, 0.29) is 11.9 Å². The first-order valence-electron chi connectivity index (χ1n) is 7.03. The smallest absolute Gasteiger partial charge is 0.245 e. The Bertz CT molecular complexity index is 514. The van der Waals surface area contributed by atoms with Crippen LogP contribution >= 0.6 is 0 Å². The summed E-state index contributed by atoms with van der Waals surface area (Å²) in [5, 5.41) is 3.22. The topological polar surface area (TPSA) is 57.7 Å². The van der Waals surface area contributed by atoms with Gasteiger partial charge in [0.05, 0.1) is 12.6 Å². The molecule has 1 N–H and O–H groups in total. The van der Waals surface area contributed by atoms with E-state index in [1.807, 2.05) is 19.2 Å². The Morgan fingerprint density at radius 1 is 1.55 bits per heavy atom. The highest BCUT2D eigenvalue weighted by Crippen LogP contribution is 2.30. The first-order chi connectivity index (χ1) is 9.66. The van der Waals surface area contributed by atoms with Gasteiger partial charge in [0.25, 0.3) is 0 Å². The van der Waals surface area contributed by atoms with Crippen LogP contribution in [-0.4, -0.2) is 50.7 Å². The molecule has 2 aliphatic heterocycles. The number of pyridine rings is 1. The molecule has 1 atom stereocenters. The van der Waals surface area contributed by atoms with Crippen molar-refractivity contribution < 1.29 is 9.53 Å². The van der Waals surface area contributed by atoms with Crippen LogP contribution in [-0.2, 0) is 4.79 Å². The predicted molar refractivity (Wildman–Crippen MR) is 77.4 cm³/mol. The van der Waals surface area contributed by atoms with Crippen LogP contribution in [0.15, 0.2) is 12.1 Å². The molecule has 0 aromatic carbocycles. The molecule has 1 unspecified atom stereocenters. The number of carbonyl (C=O) groups is 1. The third-order valence-corrected chi connectivity index (χ3v) is 3.90. The lowest BCUT2D eigenvalue weighted by molar-refractivity contribution is -0.120. The number of nitrogens with one attached hydrogen (secondary N) is 1. The molecular formula is C14H20N4O2. The van der Waals surface area contributed by atoms with Gasteiger partial charge in [-0.05, 0) is 31.5 Å². The van der Waals surface area contributed by atoms with E-state index in [4.69, 9.17) is 4.74 Å². The van der Waals surface area contributed by atoms with Crippen LogP contribution in [0, 0.1) is 0 Å². The molecule has 1 saturated heterocycles. The van der Waals surface area contributed by atoms with Crippen LogP contribution in [0.2, 0.25) is 0 Å². The maximum atomic E-state index is 12.4. The van der Waals surface area contributed by atoms with Gasteiger partial charge in [0, 0.05) is 14.1 Å². The standard InChI is InChI=1S/C14H20N4O2/c1-17-8-9-20-11-5-6-12(16-13(11)17)18(2)14(19)10-4-3-7-15-10/h5-6,10,15H,3-4,7-9H2,1-2H3. The van der Waals surface area contributed by atoms with E-state index in [1.165, 1.54) is 0 Å². The number of nitrogens with zero attached hydrogens (tertiary/aromatic N) is 3. The highest BCUT2D eigenvalue weighted by atomic mass is 16.5. The van der Waals surface area contributed by atoms with Crippen molar-refractivity contribution in [3.63, 3.8) is 0 Å². The summed E-state index contributed by atoms with van der Waals surface area (Å²) in [4.78, 5) is 20.6. The van der Waals surface area contributed by atoms with Crippen molar-refractivity contribution in [1.82, 2.24) is 10.3 Å². The van der Waals surface area contributed by atoms with Gasteiger partial charge in [-0.15, -0.1) is 0 Å². The molecule has 6 heteroatoms. The van der Waals surface area contributed by atoms with Crippen molar-refractivity contribution in [2.24, 2.45) is 0 Å². The van der Waals surface area contributed by atoms with Gasteiger partial charge in [-0.1, -0.05) is 0 Å². The van der Waals surface area contributed by atoms with Gasteiger partial charge in [-0.25, -0.2) is 4.98 Å². The van der Waals surface area contributed by atoms with Crippen molar-refractivity contribution in [3.8, 4) is 5.75 Å². The zero-order valence-corrected chi connectivity index (χ0v) is 11.9. The molecule has 0 saturated carbocycles. The molecule has 20 heavy (non-hydrogen) atoms. The number of hydrogen-bond donors (Lipinski definition) is 1. The average molecular weight is 276 g/mol. The number of likely N-dealkylation sites (N-methyl/N-ethyl adjacent to an activating group) is 2. The highest BCUT2D eigenvalue weighted by molar-refractivity contribution is 5.96. The fourth-order valence-electron chi connectivity index (χ4n) is 2.64. The van der Waals surface area contributed by atoms with Crippen molar-refractivity contribution in [2.45, 2.75) is 18.9 Å². The van der Waals surface area contributed by atoms with E-state index in [1.54, 1.807) is 11.9 Å². The lowest BCUT2D eigenvalue weighted by atomic mass is 10.2. The number of ether oxygens (including phenoxy) is 1. The Kier molecular flexibility index (Phi) is 3.48. The van der Waals surface area contributed by atoms with Crippen molar-refractivity contribution >= 4 is 17.5 Å². The molecule has 3 heterocycles. The summed E-state index contributed by atoms with van der Waals surface area (Å²) >= 11 is 0. The zero-order valence-electron chi connectivity index (χ0n) is 11.9. The van der Waals surface area contributed by atoms with Crippen LogP contribution < -0.4 is 19.9 Å². The summed E-state index contributed by atoms with van der Waals surface area (Å²) in [6, 6.07) is 3.65. The predicted octanol–water partition coefficient (Wildman–Crippen LogP) is 0.625. The van der Waals surface area contributed by atoms with Gasteiger partial charge >= 0.3 is 0 Å². The molecule has 1 amide bonds. The van der Waals surface area contributed by atoms with Gasteiger partial charge in [-0.3, -0.25) is 9.69 Å². The van der Waals surface area contributed by atoms with Crippen LogP contribution in [0.3, 0.4) is 0 Å². The molecule has 0 radical (unpaired) electrons. The maximum Gasteiger partial charge on any atom is 0.245 e. The third kappa shape index (κ3) is 2.31. The number of amides is 1. The summed E-state index contributed by atoms with van der Waals surface area (Å²) < 4.78 is 5.57. The number of aromatic nitrogens is 1. The van der Waals surface area contributed by atoms with Gasteiger partial charge in [0.1, 0.15) is 12.4 Å². The Morgan fingerprint density at radius 3 is 3.15 bits per heavy atom. The van der Waals surface area contributed by atoms with E-state index in [0.717, 1.165) is 37.5 Å². The Balaban J connectivity index is 1.82. The summed E-state index contributed by atoms with van der Waals surface area (Å²) in [6.45, 7) is 2.40. The number of anilines is 2. The highest BCUT2D eigenvalue weighted by Gasteiger charge is 2.27. The van der Waals surface area contributed by atoms with E-state index in [0.29, 0.717) is 12.4 Å². The van der Waals surface area contributed by atoms with Crippen molar-refractivity contribution in [3.05, 3.63) is 12.1 Å². The minimum atomic E-state index is -0.0770. The normalized spacial score (nSPS) is 21.3. The van der Waals surface area contributed by atoms with Gasteiger partial charge in [0.15, 0.2) is 11.6 Å².